The first-order valence-corrected chi connectivity index (χ1v) is 7.25. The maximum atomic E-state index is 11.7. The maximum absolute atomic E-state index is 11.7. The third-order valence-electron chi connectivity index (χ3n) is 2.42. The zero-order valence-corrected chi connectivity index (χ0v) is 11.0. The van der Waals surface area contributed by atoms with Crippen molar-refractivity contribution in [2.24, 2.45) is 0 Å². The summed E-state index contributed by atoms with van der Waals surface area (Å²) in [6, 6.07) is 0. The van der Waals surface area contributed by atoms with Crippen LogP contribution in [-0.2, 0) is 23.9 Å². The van der Waals surface area contributed by atoms with Gasteiger partial charge in [0.2, 0.25) is 0 Å². The van der Waals surface area contributed by atoms with E-state index in [0.717, 1.165) is 18.9 Å². The van der Waals surface area contributed by atoms with Crippen LogP contribution in [0.15, 0.2) is 23.1 Å². The van der Waals surface area contributed by atoms with E-state index < -0.39 is 26.8 Å². The molecule has 1 aliphatic carbocycles. The Hall–Kier alpha value is -1.43. The molecule has 0 spiro atoms. The standard InChI is InChI=1S/C12H16O5S/c1-2-3-4-9-12(14)17-18(15,16)11-8-6-5-7-10(11)13/h5-6,8H,2-4,7,9H2,1H3. The fourth-order valence-electron chi connectivity index (χ4n) is 1.48. The van der Waals surface area contributed by atoms with Gasteiger partial charge in [0.25, 0.3) is 0 Å². The van der Waals surface area contributed by atoms with Crippen molar-refractivity contribution in [2.45, 2.75) is 39.0 Å². The molecule has 0 saturated carbocycles. The first kappa shape index (κ1) is 14.6. The van der Waals surface area contributed by atoms with E-state index in [1.54, 1.807) is 6.08 Å². The molecule has 0 radical (unpaired) electrons. The number of hydrogen-bond donors (Lipinski definition) is 0. The number of rotatable bonds is 6. The topological polar surface area (TPSA) is 77.5 Å². The van der Waals surface area contributed by atoms with Crippen LogP contribution < -0.4 is 0 Å². The monoisotopic (exact) mass is 272 g/mol. The van der Waals surface area contributed by atoms with Crippen LogP contribution in [0.2, 0.25) is 0 Å². The fourth-order valence-corrected chi connectivity index (χ4v) is 2.50. The molecule has 0 heterocycles. The van der Waals surface area contributed by atoms with Crippen molar-refractivity contribution in [1.82, 2.24) is 0 Å². The molecule has 0 aromatic carbocycles. The largest absolute Gasteiger partial charge is 0.345 e. The summed E-state index contributed by atoms with van der Waals surface area (Å²) in [7, 11) is -4.26. The highest BCUT2D eigenvalue weighted by molar-refractivity contribution is 7.92. The average molecular weight is 272 g/mol. The molecular formula is C12H16O5S. The summed E-state index contributed by atoms with van der Waals surface area (Å²) in [6.07, 6.45) is 6.55. The van der Waals surface area contributed by atoms with E-state index in [0.29, 0.717) is 6.42 Å². The van der Waals surface area contributed by atoms with Crippen molar-refractivity contribution in [3.8, 4) is 0 Å². The molecule has 0 N–H and O–H groups in total. The highest BCUT2D eigenvalue weighted by Gasteiger charge is 2.28. The number of carbonyl (C=O) groups is 2. The van der Waals surface area contributed by atoms with Gasteiger partial charge in [-0.15, -0.1) is 0 Å². The van der Waals surface area contributed by atoms with Crippen LogP contribution in [-0.4, -0.2) is 20.2 Å². The van der Waals surface area contributed by atoms with Crippen LogP contribution in [0, 0.1) is 0 Å². The molecule has 0 amide bonds. The van der Waals surface area contributed by atoms with E-state index in [4.69, 9.17) is 0 Å². The molecule has 1 rings (SSSR count). The average Bonchev–Trinajstić information content (AvgIpc) is 2.29. The van der Waals surface area contributed by atoms with Gasteiger partial charge < -0.3 is 4.18 Å². The first-order chi connectivity index (χ1) is 8.47. The van der Waals surface area contributed by atoms with Crippen LogP contribution >= 0.6 is 0 Å². The summed E-state index contributed by atoms with van der Waals surface area (Å²) in [4.78, 5) is 22.3. The van der Waals surface area contributed by atoms with Gasteiger partial charge in [-0.3, -0.25) is 9.59 Å². The third-order valence-corrected chi connectivity index (χ3v) is 3.73. The molecule has 0 aromatic rings. The number of ketones is 1. The lowest BCUT2D eigenvalue weighted by Crippen LogP contribution is -2.20. The van der Waals surface area contributed by atoms with E-state index in [1.165, 1.54) is 6.08 Å². The summed E-state index contributed by atoms with van der Waals surface area (Å²) in [5.41, 5.74) is 0. The Kier molecular flexibility index (Phi) is 5.27. The van der Waals surface area contributed by atoms with Gasteiger partial charge in [0.05, 0.1) is 0 Å². The van der Waals surface area contributed by atoms with Crippen molar-refractivity contribution in [3.63, 3.8) is 0 Å². The maximum Gasteiger partial charge on any atom is 0.345 e. The van der Waals surface area contributed by atoms with E-state index >= 15 is 0 Å². The number of Topliss-reactive ketones (excluding diaryl/α,β-unsaturated/α-hetero) is 1. The van der Waals surface area contributed by atoms with Gasteiger partial charge >= 0.3 is 16.1 Å². The van der Waals surface area contributed by atoms with Crippen LogP contribution in [0.4, 0.5) is 0 Å². The van der Waals surface area contributed by atoms with Gasteiger partial charge in [0.15, 0.2) is 5.78 Å². The molecule has 1 aliphatic rings. The number of hydrogen-bond acceptors (Lipinski definition) is 5. The Morgan fingerprint density at radius 1 is 1.39 bits per heavy atom. The van der Waals surface area contributed by atoms with Gasteiger partial charge in [0.1, 0.15) is 4.91 Å². The second-order valence-corrected chi connectivity index (χ2v) is 5.47. The molecule has 0 fully saturated rings. The van der Waals surface area contributed by atoms with Crippen LogP contribution in [0.1, 0.15) is 39.0 Å². The molecule has 0 aliphatic heterocycles. The minimum atomic E-state index is -4.26. The second-order valence-electron chi connectivity index (χ2n) is 3.95. The molecule has 100 valence electrons. The highest BCUT2D eigenvalue weighted by atomic mass is 32.2. The van der Waals surface area contributed by atoms with Crippen molar-refractivity contribution in [2.75, 3.05) is 0 Å². The Labute approximate surface area is 107 Å². The van der Waals surface area contributed by atoms with E-state index in [2.05, 4.69) is 4.18 Å². The van der Waals surface area contributed by atoms with Crippen molar-refractivity contribution >= 4 is 21.9 Å². The molecule has 5 nitrogen and oxygen atoms in total. The van der Waals surface area contributed by atoms with Crippen LogP contribution in [0.5, 0.6) is 0 Å². The quantitative estimate of drug-likeness (QED) is 0.544. The summed E-state index contributed by atoms with van der Waals surface area (Å²) in [5.74, 6) is -1.37. The fraction of sp³-hybridized carbons (Fsp3) is 0.500. The lowest BCUT2D eigenvalue weighted by atomic mass is 10.2. The zero-order valence-electron chi connectivity index (χ0n) is 10.2. The SMILES string of the molecule is CCCCCC(=O)OS(=O)(=O)C1=CC=CCC1=O. The third kappa shape index (κ3) is 4.10. The highest BCUT2D eigenvalue weighted by Crippen LogP contribution is 2.17. The van der Waals surface area contributed by atoms with Gasteiger partial charge in [-0.05, 0) is 12.5 Å². The summed E-state index contributed by atoms with van der Waals surface area (Å²) in [5, 5.41) is 0. The van der Waals surface area contributed by atoms with Gasteiger partial charge in [0, 0.05) is 12.8 Å². The molecule has 0 saturated heterocycles. The molecule has 0 atom stereocenters. The molecule has 0 unspecified atom stereocenters. The van der Waals surface area contributed by atoms with E-state index in [9.17, 15) is 18.0 Å². The lowest BCUT2D eigenvalue weighted by Gasteiger charge is -2.09. The summed E-state index contributed by atoms with van der Waals surface area (Å²) >= 11 is 0. The Balaban J connectivity index is 2.65. The number of unbranched alkanes of at least 4 members (excludes halogenated alkanes) is 2. The molecule has 18 heavy (non-hydrogen) atoms. The molecule has 0 aromatic heterocycles. The van der Waals surface area contributed by atoms with Gasteiger partial charge in [-0.25, -0.2) is 0 Å². The van der Waals surface area contributed by atoms with E-state index in [-0.39, 0.29) is 12.8 Å². The normalized spacial score (nSPS) is 15.4. The Morgan fingerprint density at radius 3 is 2.72 bits per heavy atom. The minimum absolute atomic E-state index is 0.0123. The number of carbonyl (C=O) groups excluding carboxylic acids is 2. The van der Waals surface area contributed by atoms with Crippen molar-refractivity contribution in [1.29, 1.82) is 0 Å². The van der Waals surface area contributed by atoms with Gasteiger partial charge in [-0.1, -0.05) is 31.9 Å². The Bertz CT molecular complexity index is 485. The molecular weight excluding hydrogens is 256 g/mol. The molecule has 0 bridgehead atoms. The zero-order chi connectivity index (χ0) is 13.6. The van der Waals surface area contributed by atoms with Crippen molar-refractivity contribution in [3.05, 3.63) is 23.1 Å². The van der Waals surface area contributed by atoms with Gasteiger partial charge in [-0.2, -0.15) is 8.42 Å². The smallest absolute Gasteiger partial charge is 0.342 e. The minimum Gasteiger partial charge on any atom is -0.342 e. The Morgan fingerprint density at radius 2 is 2.11 bits per heavy atom. The summed E-state index contributed by atoms with van der Waals surface area (Å²) in [6.45, 7) is 1.97. The summed E-state index contributed by atoms with van der Waals surface area (Å²) < 4.78 is 27.8. The second kappa shape index (κ2) is 6.49. The molecule has 6 heteroatoms. The lowest BCUT2D eigenvalue weighted by molar-refractivity contribution is -0.133. The predicted molar refractivity (Wildman–Crippen MR) is 66.0 cm³/mol. The van der Waals surface area contributed by atoms with Crippen molar-refractivity contribution < 1.29 is 22.2 Å². The number of allylic oxidation sites excluding steroid dienone is 4. The van der Waals surface area contributed by atoms with E-state index in [1.807, 2.05) is 6.92 Å². The van der Waals surface area contributed by atoms with Crippen LogP contribution in [0.25, 0.3) is 0 Å². The first-order valence-electron chi connectivity index (χ1n) is 5.84. The predicted octanol–water partition coefficient (Wildman–Crippen LogP) is 1.85. The van der Waals surface area contributed by atoms with Crippen LogP contribution in [0.3, 0.4) is 0 Å².